The lowest BCUT2D eigenvalue weighted by Gasteiger charge is -2.07. The van der Waals surface area contributed by atoms with Crippen molar-refractivity contribution < 1.29 is 13.9 Å². The summed E-state index contributed by atoms with van der Waals surface area (Å²) >= 11 is 6.00. The van der Waals surface area contributed by atoms with Gasteiger partial charge in [0.05, 0.1) is 5.39 Å². The first-order chi connectivity index (χ1) is 13.7. The third kappa shape index (κ3) is 2.92. The molecule has 5 rings (SSSR count). The molecule has 0 unspecified atom stereocenters. The van der Waals surface area contributed by atoms with E-state index in [0.29, 0.717) is 17.3 Å². The predicted molar refractivity (Wildman–Crippen MR) is 107 cm³/mol. The van der Waals surface area contributed by atoms with Crippen molar-refractivity contribution in [3.05, 3.63) is 64.9 Å². The number of rotatable bonds is 4. The number of hydrogen-bond donors (Lipinski definition) is 1. The Hall–Kier alpha value is -3.25. The van der Waals surface area contributed by atoms with E-state index in [2.05, 4.69) is 15.3 Å². The molecule has 4 aromatic rings. The molecule has 0 fully saturated rings. The van der Waals surface area contributed by atoms with Crippen molar-refractivity contribution in [3.63, 3.8) is 0 Å². The molecule has 0 saturated carbocycles. The molecule has 0 aliphatic carbocycles. The van der Waals surface area contributed by atoms with Crippen LogP contribution in [0, 0.1) is 6.92 Å². The zero-order valence-corrected chi connectivity index (χ0v) is 15.8. The van der Waals surface area contributed by atoms with Gasteiger partial charge in [0, 0.05) is 22.7 Å². The summed E-state index contributed by atoms with van der Waals surface area (Å²) in [6, 6.07) is 13.4. The second-order valence-electron chi connectivity index (χ2n) is 6.51. The van der Waals surface area contributed by atoms with Crippen LogP contribution in [0.15, 0.2) is 53.2 Å². The Kier molecular flexibility index (Phi) is 4.06. The van der Waals surface area contributed by atoms with E-state index in [4.69, 9.17) is 25.5 Å². The molecular formula is C21H16ClN3O3. The molecule has 6 nitrogen and oxygen atoms in total. The Balaban J connectivity index is 1.47. The van der Waals surface area contributed by atoms with Crippen molar-refractivity contribution >= 4 is 28.5 Å². The van der Waals surface area contributed by atoms with Crippen LogP contribution in [0.25, 0.3) is 22.4 Å². The number of hydrogen-bond acceptors (Lipinski definition) is 6. The summed E-state index contributed by atoms with van der Waals surface area (Å²) < 4.78 is 16.8. The molecule has 0 bridgehead atoms. The maximum atomic E-state index is 6.01. The Labute approximate surface area is 166 Å². The van der Waals surface area contributed by atoms with E-state index in [-0.39, 0.29) is 6.79 Å². The van der Waals surface area contributed by atoms with Crippen LogP contribution >= 0.6 is 11.6 Å². The number of anilines is 1. The highest BCUT2D eigenvalue weighted by molar-refractivity contribution is 6.30. The van der Waals surface area contributed by atoms with Gasteiger partial charge in [-0.15, -0.1) is 0 Å². The lowest BCUT2D eigenvalue weighted by molar-refractivity contribution is 0.174. The minimum atomic E-state index is 0.264. The molecule has 0 saturated heterocycles. The maximum Gasteiger partial charge on any atom is 0.232 e. The molecule has 1 N–H and O–H groups in total. The van der Waals surface area contributed by atoms with Crippen LogP contribution < -0.4 is 14.8 Å². The van der Waals surface area contributed by atoms with Crippen LogP contribution in [0.2, 0.25) is 5.02 Å². The second-order valence-corrected chi connectivity index (χ2v) is 6.94. The van der Waals surface area contributed by atoms with Crippen LogP contribution in [0.3, 0.4) is 0 Å². The van der Waals surface area contributed by atoms with Crippen LogP contribution in [-0.2, 0) is 6.54 Å². The molecule has 28 heavy (non-hydrogen) atoms. The molecule has 2 aromatic heterocycles. The van der Waals surface area contributed by atoms with E-state index in [1.165, 1.54) is 6.33 Å². The first-order valence-corrected chi connectivity index (χ1v) is 9.19. The number of aromatic nitrogens is 2. The molecule has 0 radical (unpaired) electrons. The third-order valence-corrected chi connectivity index (χ3v) is 4.98. The van der Waals surface area contributed by atoms with Crippen molar-refractivity contribution in [2.75, 3.05) is 12.1 Å². The van der Waals surface area contributed by atoms with Gasteiger partial charge in [0.1, 0.15) is 17.9 Å². The van der Waals surface area contributed by atoms with Crippen molar-refractivity contribution in [2.45, 2.75) is 13.5 Å². The van der Waals surface area contributed by atoms with E-state index in [9.17, 15) is 0 Å². The maximum absolute atomic E-state index is 6.01. The van der Waals surface area contributed by atoms with Crippen molar-refractivity contribution in [1.29, 1.82) is 0 Å². The minimum Gasteiger partial charge on any atom is -0.454 e. The van der Waals surface area contributed by atoms with Gasteiger partial charge in [-0.25, -0.2) is 9.97 Å². The smallest absolute Gasteiger partial charge is 0.232 e. The van der Waals surface area contributed by atoms with E-state index < -0.39 is 0 Å². The fraction of sp³-hybridized carbons (Fsp3) is 0.143. The van der Waals surface area contributed by atoms with Gasteiger partial charge in [-0.1, -0.05) is 17.7 Å². The summed E-state index contributed by atoms with van der Waals surface area (Å²) in [5, 5.41) is 4.93. The van der Waals surface area contributed by atoms with Gasteiger partial charge in [0.25, 0.3) is 0 Å². The van der Waals surface area contributed by atoms with E-state index in [1.807, 2.05) is 49.4 Å². The van der Waals surface area contributed by atoms with Gasteiger partial charge in [0.2, 0.25) is 12.5 Å². The fourth-order valence-corrected chi connectivity index (χ4v) is 3.44. The Morgan fingerprint density at radius 1 is 1.04 bits per heavy atom. The highest BCUT2D eigenvalue weighted by Gasteiger charge is 2.18. The number of nitrogens with one attached hydrogen (secondary N) is 1. The number of benzene rings is 2. The molecule has 0 amide bonds. The highest BCUT2D eigenvalue weighted by Crippen LogP contribution is 2.36. The van der Waals surface area contributed by atoms with E-state index in [1.54, 1.807) is 0 Å². The molecule has 2 aromatic carbocycles. The standard InChI is InChI=1S/C21H16ClN3O3/c1-12-18-20(23-9-13-2-7-16-17(8-13)27-11-26-16)24-10-25-21(18)28-19(12)14-3-5-15(22)6-4-14/h2-8,10H,9,11H2,1H3,(H,23,24,25). The fourth-order valence-electron chi connectivity index (χ4n) is 3.32. The summed E-state index contributed by atoms with van der Waals surface area (Å²) in [6.07, 6.45) is 1.50. The van der Waals surface area contributed by atoms with E-state index >= 15 is 0 Å². The molecule has 1 aliphatic heterocycles. The monoisotopic (exact) mass is 393 g/mol. The van der Waals surface area contributed by atoms with Crippen LogP contribution in [-0.4, -0.2) is 16.8 Å². The number of fused-ring (bicyclic) bond motifs is 2. The lowest BCUT2D eigenvalue weighted by Crippen LogP contribution is -2.02. The Bertz CT molecular complexity index is 1170. The van der Waals surface area contributed by atoms with Gasteiger partial charge in [0.15, 0.2) is 11.5 Å². The molecule has 0 atom stereocenters. The van der Waals surface area contributed by atoms with Gasteiger partial charge >= 0.3 is 0 Å². The van der Waals surface area contributed by atoms with Crippen molar-refractivity contribution in [3.8, 4) is 22.8 Å². The molecular weight excluding hydrogens is 378 g/mol. The summed E-state index contributed by atoms with van der Waals surface area (Å²) in [4.78, 5) is 8.71. The second kappa shape index (κ2) is 6.73. The normalized spacial score (nSPS) is 12.5. The molecule has 1 aliphatic rings. The van der Waals surface area contributed by atoms with Crippen LogP contribution in [0.5, 0.6) is 11.5 Å². The van der Waals surface area contributed by atoms with Crippen LogP contribution in [0.1, 0.15) is 11.1 Å². The number of halogens is 1. The van der Waals surface area contributed by atoms with Crippen molar-refractivity contribution in [1.82, 2.24) is 9.97 Å². The Morgan fingerprint density at radius 3 is 2.71 bits per heavy atom. The Morgan fingerprint density at radius 2 is 1.86 bits per heavy atom. The zero-order valence-electron chi connectivity index (χ0n) is 15.0. The number of ether oxygens (including phenoxy) is 2. The SMILES string of the molecule is Cc1c(-c2ccc(Cl)cc2)oc2ncnc(NCc3ccc4c(c3)OCO4)c12. The van der Waals surface area contributed by atoms with Gasteiger partial charge in [-0.05, 0) is 48.9 Å². The molecule has 0 spiro atoms. The van der Waals surface area contributed by atoms with Gasteiger partial charge in [-0.2, -0.15) is 0 Å². The first-order valence-electron chi connectivity index (χ1n) is 8.81. The molecule has 7 heteroatoms. The summed E-state index contributed by atoms with van der Waals surface area (Å²) in [5.74, 6) is 3.02. The number of furan rings is 1. The average molecular weight is 394 g/mol. The minimum absolute atomic E-state index is 0.264. The largest absolute Gasteiger partial charge is 0.454 e. The average Bonchev–Trinajstić information content (AvgIpc) is 3.31. The summed E-state index contributed by atoms with van der Waals surface area (Å²) in [5.41, 5.74) is 3.54. The summed E-state index contributed by atoms with van der Waals surface area (Å²) in [7, 11) is 0. The van der Waals surface area contributed by atoms with Gasteiger partial charge in [-0.3, -0.25) is 0 Å². The lowest BCUT2D eigenvalue weighted by atomic mass is 10.1. The predicted octanol–water partition coefficient (Wildman–Crippen LogP) is 5.19. The highest BCUT2D eigenvalue weighted by atomic mass is 35.5. The zero-order chi connectivity index (χ0) is 19.1. The summed E-state index contributed by atoms with van der Waals surface area (Å²) in [6.45, 7) is 2.86. The van der Waals surface area contributed by atoms with Crippen LogP contribution in [0.4, 0.5) is 5.82 Å². The molecule has 3 heterocycles. The van der Waals surface area contributed by atoms with Crippen molar-refractivity contribution in [2.24, 2.45) is 0 Å². The van der Waals surface area contributed by atoms with E-state index in [0.717, 1.165) is 45.2 Å². The molecule has 140 valence electrons. The quantitative estimate of drug-likeness (QED) is 0.514. The topological polar surface area (TPSA) is 69.4 Å². The van der Waals surface area contributed by atoms with Gasteiger partial charge < -0.3 is 19.2 Å². The first kappa shape index (κ1) is 16.9. The number of aryl methyl sites for hydroxylation is 1. The third-order valence-electron chi connectivity index (χ3n) is 4.73. The number of nitrogens with zero attached hydrogens (tertiary/aromatic N) is 2.